The van der Waals surface area contributed by atoms with Crippen molar-refractivity contribution in [2.24, 2.45) is 0 Å². The van der Waals surface area contributed by atoms with Crippen LogP contribution in [0.25, 0.3) is 17.1 Å². The summed E-state index contributed by atoms with van der Waals surface area (Å²) in [5, 5.41) is 12.5. The third-order valence-corrected chi connectivity index (χ3v) is 6.86. The SMILES string of the molecule is COc1cccc(-c2nnc(SCC(=O)Nc3ccc(N4CCCC4)cc3)n2-c2ccccc2)c1. The van der Waals surface area contributed by atoms with E-state index >= 15 is 0 Å². The van der Waals surface area contributed by atoms with Crippen LogP contribution in [0.4, 0.5) is 11.4 Å². The van der Waals surface area contributed by atoms with Gasteiger partial charge in [-0.25, -0.2) is 0 Å². The van der Waals surface area contributed by atoms with E-state index in [0.717, 1.165) is 35.8 Å². The average Bonchev–Trinajstić information content (AvgIpc) is 3.59. The number of aromatic nitrogens is 3. The molecule has 2 heterocycles. The lowest BCUT2D eigenvalue weighted by atomic mass is 10.2. The molecule has 8 heteroatoms. The van der Waals surface area contributed by atoms with E-state index in [9.17, 15) is 4.79 Å². The monoisotopic (exact) mass is 485 g/mol. The molecule has 0 bridgehead atoms. The van der Waals surface area contributed by atoms with Crippen molar-refractivity contribution >= 4 is 29.0 Å². The first-order valence-electron chi connectivity index (χ1n) is 11.6. The molecule has 1 aromatic heterocycles. The summed E-state index contributed by atoms with van der Waals surface area (Å²) in [6, 6.07) is 25.7. The molecule has 3 aromatic carbocycles. The smallest absolute Gasteiger partial charge is 0.234 e. The highest BCUT2D eigenvalue weighted by atomic mass is 32.2. The minimum atomic E-state index is -0.0885. The molecule has 4 aromatic rings. The number of nitrogens with zero attached hydrogens (tertiary/aromatic N) is 4. The van der Waals surface area contributed by atoms with E-state index in [-0.39, 0.29) is 11.7 Å². The Morgan fingerprint density at radius 3 is 2.46 bits per heavy atom. The van der Waals surface area contributed by atoms with Gasteiger partial charge in [0.25, 0.3) is 0 Å². The standard InChI is InChI=1S/C27H27N5O2S/c1-34-24-11-7-8-20(18-24)26-29-30-27(32(26)23-9-3-2-4-10-23)35-19-25(33)28-21-12-14-22(15-13-21)31-16-5-6-17-31/h2-4,7-15,18H,5-6,16-17,19H2,1H3,(H,28,33). The third-order valence-electron chi connectivity index (χ3n) is 5.93. The van der Waals surface area contributed by atoms with Gasteiger partial charge in [-0.2, -0.15) is 0 Å². The van der Waals surface area contributed by atoms with Crippen LogP contribution in [-0.2, 0) is 4.79 Å². The van der Waals surface area contributed by atoms with E-state index in [4.69, 9.17) is 4.74 Å². The zero-order valence-corrected chi connectivity index (χ0v) is 20.4. The summed E-state index contributed by atoms with van der Waals surface area (Å²) in [5.74, 6) is 1.57. The summed E-state index contributed by atoms with van der Waals surface area (Å²) in [5.41, 5.74) is 3.81. The number of benzene rings is 3. The Morgan fingerprint density at radius 1 is 0.943 bits per heavy atom. The zero-order chi connectivity index (χ0) is 24.0. The highest BCUT2D eigenvalue weighted by Gasteiger charge is 2.18. The van der Waals surface area contributed by atoms with Crippen molar-refractivity contribution in [2.45, 2.75) is 18.0 Å². The average molecular weight is 486 g/mol. The molecule has 0 aliphatic carbocycles. The van der Waals surface area contributed by atoms with Gasteiger partial charge in [-0.3, -0.25) is 9.36 Å². The Morgan fingerprint density at radius 2 is 1.71 bits per heavy atom. The summed E-state index contributed by atoms with van der Waals surface area (Å²) < 4.78 is 7.35. The highest BCUT2D eigenvalue weighted by molar-refractivity contribution is 7.99. The van der Waals surface area contributed by atoms with E-state index in [0.29, 0.717) is 11.0 Å². The molecule has 7 nitrogen and oxygen atoms in total. The Kier molecular flexibility index (Phi) is 6.99. The molecule has 1 saturated heterocycles. The number of hydrogen-bond acceptors (Lipinski definition) is 6. The normalized spacial score (nSPS) is 13.1. The van der Waals surface area contributed by atoms with Gasteiger partial charge in [-0.05, 0) is 61.4 Å². The molecule has 35 heavy (non-hydrogen) atoms. The van der Waals surface area contributed by atoms with Crippen LogP contribution in [0.2, 0.25) is 0 Å². The molecule has 1 amide bonds. The topological polar surface area (TPSA) is 72.3 Å². The quantitative estimate of drug-likeness (QED) is 0.343. The number of rotatable bonds is 8. The number of anilines is 2. The predicted molar refractivity (Wildman–Crippen MR) is 141 cm³/mol. The molecule has 178 valence electrons. The van der Waals surface area contributed by atoms with Gasteiger partial charge in [-0.15, -0.1) is 10.2 Å². The molecule has 0 unspecified atom stereocenters. The summed E-state index contributed by atoms with van der Waals surface area (Å²) in [7, 11) is 1.64. The van der Waals surface area contributed by atoms with Crippen molar-refractivity contribution in [2.75, 3.05) is 36.2 Å². The van der Waals surface area contributed by atoms with Crippen LogP contribution in [0.1, 0.15) is 12.8 Å². The molecule has 0 saturated carbocycles. The molecule has 1 fully saturated rings. The third kappa shape index (κ3) is 5.33. The first-order chi connectivity index (χ1) is 17.2. The van der Waals surface area contributed by atoms with Gasteiger partial charge in [0.2, 0.25) is 5.91 Å². The second-order valence-corrected chi connectivity index (χ2v) is 9.23. The minimum absolute atomic E-state index is 0.0885. The summed E-state index contributed by atoms with van der Waals surface area (Å²) in [6.45, 7) is 2.20. The lowest BCUT2D eigenvalue weighted by Gasteiger charge is -2.17. The first-order valence-corrected chi connectivity index (χ1v) is 12.6. The lowest BCUT2D eigenvalue weighted by molar-refractivity contribution is -0.113. The van der Waals surface area contributed by atoms with Gasteiger partial charge in [0.15, 0.2) is 11.0 Å². The molecule has 1 N–H and O–H groups in total. The van der Waals surface area contributed by atoms with Crippen LogP contribution in [0.3, 0.4) is 0 Å². The number of methoxy groups -OCH3 is 1. The fourth-order valence-electron chi connectivity index (χ4n) is 4.18. The van der Waals surface area contributed by atoms with Crippen molar-refractivity contribution in [3.63, 3.8) is 0 Å². The Labute approximate surface area is 209 Å². The first kappa shape index (κ1) is 23.0. The van der Waals surface area contributed by atoms with Crippen molar-refractivity contribution in [3.05, 3.63) is 78.9 Å². The maximum Gasteiger partial charge on any atom is 0.234 e. The van der Waals surface area contributed by atoms with Crippen molar-refractivity contribution in [1.29, 1.82) is 0 Å². The molecule has 0 spiro atoms. The molecule has 1 aliphatic heterocycles. The highest BCUT2D eigenvalue weighted by Crippen LogP contribution is 2.30. The maximum absolute atomic E-state index is 12.7. The van der Waals surface area contributed by atoms with Gasteiger partial charge in [-0.1, -0.05) is 42.1 Å². The van der Waals surface area contributed by atoms with Crippen LogP contribution < -0.4 is 15.0 Å². The van der Waals surface area contributed by atoms with E-state index < -0.39 is 0 Å². The summed E-state index contributed by atoms with van der Waals surface area (Å²) in [6.07, 6.45) is 2.48. The van der Waals surface area contributed by atoms with Crippen LogP contribution >= 0.6 is 11.8 Å². The molecular formula is C27H27N5O2S. The van der Waals surface area contributed by atoms with Crippen molar-refractivity contribution < 1.29 is 9.53 Å². The largest absolute Gasteiger partial charge is 0.497 e. The predicted octanol–water partition coefficient (Wildman–Crippen LogP) is 5.27. The van der Waals surface area contributed by atoms with Gasteiger partial charge in [0.05, 0.1) is 12.9 Å². The van der Waals surface area contributed by atoms with Crippen LogP contribution in [-0.4, -0.2) is 46.6 Å². The van der Waals surface area contributed by atoms with Gasteiger partial charge >= 0.3 is 0 Å². The van der Waals surface area contributed by atoms with E-state index in [1.54, 1.807) is 7.11 Å². The number of ether oxygens (including phenoxy) is 1. The summed E-state index contributed by atoms with van der Waals surface area (Å²) in [4.78, 5) is 15.1. The van der Waals surface area contributed by atoms with Crippen molar-refractivity contribution in [3.8, 4) is 22.8 Å². The number of hydrogen-bond donors (Lipinski definition) is 1. The van der Waals surface area contributed by atoms with Crippen LogP contribution in [0, 0.1) is 0 Å². The van der Waals surface area contributed by atoms with E-state index in [1.165, 1.54) is 30.3 Å². The zero-order valence-electron chi connectivity index (χ0n) is 19.6. The Balaban J connectivity index is 1.31. The second kappa shape index (κ2) is 10.7. The number of thioether (sulfide) groups is 1. The van der Waals surface area contributed by atoms with Crippen molar-refractivity contribution in [1.82, 2.24) is 14.8 Å². The van der Waals surface area contributed by atoms with Gasteiger partial charge in [0, 0.05) is 35.7 Å². The number of nitrogens with one attached hydrogen (secondary N) is 1. The molecule has 5 rings (SSSR count). The van der Waals surface area contributed by atoms with Gasteiger partial charge < -0.3 is 15.0 Å². The fourth-order valence-corrected chi connectivity index (χ4v) is 4.93. The molecule has 0 atom stereocenters. The minimum Gasteiger partial charge on any atom is -0.497 e. The van der Waals surface area contributed by atoms with E-state index in [2.05, 4.69) is 32.5 Å². The van der Waals surface area contributed by atoms with E-state index in [1.807, 2.05) is 71.3 Å². The number of carbonyl (C=O) groups excluding carboxylic acids is 1. The van der Waals surface area contributed by atoms with Crippen LogP contribution in [0.15, 0.2) is 84.0 Å². The number of para-hydroxylation sites is 1. The number of amides is 1. The van der Waals surface area contributed by atoms with Gasteiger partial charge in [0.1, 0.15) is 5.75 Å². The summed E-state index contributed by atoms with van der Waals surface area (Å²) >= 11 is 1.36. The van der Waals surface area contributed by atoms with Crippen LogP contribution in [0.5, 0.6) is 5.75 Å². The second-order valence-electron chi connectivity index (χ2n) is 8.29. The maximum atomic E-state index is 12.7. The molecular weight excluding hydrogens is 458 g/mol. The molecule has 0 radical (unpaired) electrons. The lowest BCUT2D eigenvalue weighted by Crippen LogP contribution is -2.18. The Hall–Kier alpha value is -3.78. The Bertz CT molecular complexity index is 1280. The molecule has 1 aliphatic rings. The number of carbonyl (C=O) groups is 1. The fraction of sp³-hybridized carbons (Fsp3) is 0.222.